The third kappa shape index (κ3) is 2.83. The Morgan fingerprint density at radius 3 is 2.50 bits per heavy atom. The highest BCUT2D eigenvalue weighted by Crippen LogP contribution is 2.63. The van der Waals surface area contributed by atoms with Gasteiger partial charge in [-0.15, -0.1) is 6.58 Å². The van der Waals surface area contributed by atoms with E-state index in [9.17, 15) is 14.7 Å². The maximum Gasteiger partial charge on any atom is 0.303 e. The summed E-state index contributed by atoms with van der Waals surface area (Å²) in [5.74, 6) is -0.851. The van der Waals surface area contributed by atoms with E-state index in [1.165, 1.54) is 34.3 Å². The second-order valence-electron chi connectivity index (χ2n) is 7.80. The van der Waals surface area contributed by atoms with Crippen LogP contribution in [0, 0.1) is 11.3 Å². The highest BCUT2D eigenvalue weighted by molar-refractivity contribution is 6.01. The Bertz CT molecular complexity index is 905. The van der Waals surface area contributed by atoms with Gasteiger partial charge in [-0.25, -0.2) is 0 Å². The number of ether oxygens (including phenoxy) is 4. The van der Waals surface area contributed by atoms with Gasteiger partial charge in [-0.05, 0) is 36.1 Å². The van der Waals surface area contributed by atoms with Crippen LogP contribution in [0.3, 0.4) is 0 Å². The van der Waals surface area contributed by atoms with E-state index in [0.717, 1.165) is 5.56 Å². The number of esters is 1. The molecule has 1 aromatic rings. The SMILES string of the molecule is C=CC[C@@]12C=C(OC)[C@H](OC(C)=O)[C@@](OC)(C1=O)[C@H](c1ccc(O)c(OC)c1)[C@H]2C. The quantitative estimate of drug-likeness (QED) is 0.539. The van der Waals surface area contributed by atoms with Crippen molar-refractivity contribution >= 4 is 11.8 Å². The van der Waals surface area contributed by atoms with Gasteiger partial charge < -0.3 is 24.1 Å². The molecular weight excluding hydrogens is 388 g/mol. The molecule has 0 heterocycles. The van der Waals surface area contributed by atoms with Gasteiger partial charge in [0.2, 0.25) is 0 Å². The summed E-state index contributed by atoms with van der Waals surface area (Å²) in [5, 5.41) is 10.1. The molecule has 2 bridgehead atoms. The predicted molar refractivity (Wildman–Crippen MR) is 109 cm³/mol. The zero-order valence-electron chi connectivity index (χ0n) is 17.9. The minimum absolute atomic E-state index is 0.0132. The molecule has 0 unspecified atom stereocenters. The van der Waals surface area contributed by atoms with Gasteiger partial charge in [0.1, 0.15) is 5.76 Å². The number of rotatable bonds is 7. The molecule has 0 aliphatic heterocycles. The van der Waals surface area contributed by atoms with Crippen molar-refractivity contribution < 1.29 is 33.6 Å². The first-order chi connectivity index (χ1) is 14.2. The summed E-state index contributed by atoms with van der Waals surface area (Å²) in [7, 11) is 4.37. The molecule has 162 valence electrons. The van der Waals surface area contributed by atoms with Gasteiger partial charge in [0.05, 0.1) is 19.6 Å². The molecule has 1 N–H and O–H groups in total. The molecule has 1 aromatic carbocycles. The molecule has 0 saturated heterocycles. The largest absolute Gasteiger partial charge is 0.504 e. The number of Topliss-reactive ketones (excluding diaryl/α,β-unsaturated/α-hetero) is 1. The Morgan fingerprint density at radius 1 is 1.27 bits per heavy atom. The average molecular weight is 416 g/mol. The number of allylic oxidation sites excluding steroid dienone is 2. The summed E-state index contributed by atoms with van der Waals surface area (Å²) in [6.07, 6.45) is 2.78. The lowest BCUT2D eigenvalue weighted by molar-refractivity contribution is -0.177. The molecule has 7 nitrogen and oxygen atoms in total. The number of ketones is 1. The molecule has 0 radical (unpaired) electrons. The van der Waals surface area contributed by atoms with Crippen LogP contribution in [0.2, 0.25) is 0 Å². The fourth-order valence-electron chi connectivity index (χ4n) is 5.21. The van der Waals surface area contributed by atoms with Crippen LogP contribution >= 0.6 is 0 Å². The average Bonchev–Trinajstić information content (AvgIpc) is 2.84. The van der Waals surface area contributed by atoms with Crippen molar-refractivity contribution in [2.75, 3.05) is 21.3 Å². The smallest absolute Gasteiger partial charge is 0.303 e. The molecule has 1 saturated carbocycles. The molecule has 0 aromatic heterocycles. The lowest BCUT2D eigenvalue weighted by atomic mass is 9.70. The van der Waals surface area contributed by atoms with Gasteiger partial charge in [-0.1, -0.05) is 19.1 Å². The first kappa shape index (κ1) is 21.9. The first-order valence-electron chi connectivity index (χ1n) is 9.75. The molecule has 30 heavy (non-hydrogen) atoms. The van der Waals surface area contributed by atoms with Gasteiger partial charge in [-0.2, -0.15) is 0 Å². The highest BCUT2D eigenvalue weighted by atomic mass is 16.6. The zero-order valence-corrected chi connectivity index (χ0v) is 17.9. The zero-order chi connectivity index (χ0) is 22.3. The van der Waals surface area contributed by atoms with Crippen LogP contribution in [-0.4, -0.2) is 49.9 Å². The lowest BCUT2D eigenvalue weighted by Gasteiger charge is -2.42. The Balaban J connectivity index is 2.32. The number of aromatic hydroxyl groups is 1. The predicted octanol–water partition coefficient (Wildman–Crippen LogP) is 3.13. The molecule has 1 fully saturated rings. The number of fused-ring (bicyclic) bond motifs is 2. The fourth-order valence-corrected chi connectivity index (χ4v) is 5.21. The Morgan fingerprint density at radius 2 is 1.97 bits per heavy atom. The van der Waals surface area contributed by atoms with E-state index in [4.69, 9.17) is 18.9 Å². The molecule has 3 rings (SSSR count). The number of methoxy groups -OCH3 is 3. The minimum atomic E-state index is -1.50. The number of carbonyl (C=O) groups excluding carboxylic acids is 2. The number of hydrogen-bond donors (Lipinski definition) is 1. The lowest BCUT2D eigenvalue weighted by Crippen LogP contribution is -2.58. The van der Waals surface area contributed by atoms with Crippen LogP contribution in [0.1, 0.15) is 31.7 Å². The number of benzene rings is 1. The van der Waals surface area contributed by atoms with Gasteiger partial charge in [0.15, 0.2) is 29.0 Å². The number of hydrogen-bond acceptors (Lipinski definition) is 7. The van der Waals surface area contributed by atoms with Crippen molar-refractivity contribution in [3.8, 4) is 11.5 Å². The second kappa shape index (κ2) is 7.80. The van der Waals surface area contributed by atoms with Crippen molar-refractivity contribution in [3.63, 3.8) is 0 Å². The normalized spacial score (nSPS) is 32.4. The summed E-state index contributed by atoms with van der Waals surface area (Å²) in [6, 6.07) is 4.93. The second-order valence-corrected chi connectivity index (χ2v) is 7.80. The maximum absolute atomic E-state index is 14.0. The maximum atomic E-state index is 14.0. The summed E-state index contributed by atoms with van der Waals surface area (Å²) in [5.41, 5.74) is -1.72. The van der Waals surface area contributed by atoms with Crippen molar-refractivity contribution in [1.29, 1.82) is 0 Å². The molecule has 0 spiro atoms. The Kier molecular flexibility index (Phi) is 5.69. The van der Waals surface area contributed by atoms with Gasteiger partial charge in [0.25, 0.3) is 0 Å². The van der Waals surface area contributed by atoms with Crippen LogP contribution in [0.15, 0.2) is 42.7 Å². The van der Waals surface area contributed by atoms with Crippen molar-refractivity contribution in [2.45, 2.75) is 37.9 Å². The molecule has 0 amide bonds. The van der Waals surface area contributed by atoms with Gasteiger partial charge >= 0.3 is 5.97 Å². The monoisotopic (exact) mass is 416 g/mol. The molecule has 2 aliphatic rings. The fraction of sp³-hybridized carbons (Fsp3) is 0.478. The van der Waals surface area contributed by atoms with E-state index in [0.29, 0.717) is 12.2 Å². The van der Waals surface area contributed by atoms with Crippen LogP contribution in [0.25, 0.3) is 0 Å². The summed E-state index contributed by atoms with van der Waals surface area (Å²) < 4.78 is 22.4. The third-order valence-electron chi connectivity index (χ3n) is 6.50. The topological polar surface area (TPSA) is 91.3 Å². The molecule has 5 atom stereocenters. The summed E-state index contributed by atoms with van der Waals surface area (Å²) in [6.45, 7) is 7.08. The molecule has 7 heteroatoms. The van der Waals surface area contributed by atoms with Gasteiger partial charge in [-0.3, -0.25) is 9.59 Å². The van der Waals surface area contributed by atoms with E-state index < -0.39 is 29.0 Å². The molecular formula is C23H28O7. The third-order valence-corrected chi connectivity index (χ3v) is 6.50. The summed E-state index contributed by atoms with van der Waals surface area (Å²) >= 11 is 0. The van der Waals surface area contributed by atoms with E-state index in [1.54, 1.807) is 24.3 Å². The van der Waals surface area contributed by atoms with Gasteiger partial charge in [0, 0.05) is 20.0 Å². The minimum Gasteiger partial charge on any atom is -0.504 e. The van der Waals surface area contributed by atoms with Crippen molar-refractivity contribution in [2.24, 2.45) is 11.3 Å². The van der Waals surface area contributed by atoms with E-state index >= 15 is 0 Å². The number of carbonyl (C=O) groups is 2. The van der Waals surface area contributed by atoms with E-state index in [2.05, 4.69) is 6.58 Å². The first-order valence-corrected chi connectivity index (χ1v) is 9.75. The van der Waals surface area contributed by atoms with Crippen LogP contribution < -0.4 is 4.74 Å². The number of phenolic OH excluding ortho intramolecular Hbond substituents is 1. The highest BCUT2D eigenvalue weighted by Gasteiger charge is 2.73. The van der Waals surface area contributed by atoms with Crippen LogP contribution in [-0.2, 0) is 23.8 Å². The van der Waals surface area contributed by atoms with Crippen LogP contribution in [0.4, 0.5) is 0 Å². The van der Waals surface area contributed by atoms with E-state index in [-0.39, 0.29) is 23.2 Å². The molecule has 2 aliphatic carbocycles. The Labute approximate surface area is 176 Å². The number of phenols is 1. The Hall–Kier alpha value is -2.80. The summed E-state index contributed by atoms with van der Waals surface area (Å²) in [4.78, 5) is 25.9. The standard InChI is InChI=1S/C23H28O7/c1-7-10-22-12-18(28-5)20(30-14(3)24)23(29-6,21(22)26)19(13(22)2)15-8-9-16(25)17(11-15)27-4/h7-9,11-13,19-20,25H,1,10H2,2-6H3/t13-,19+,20+,22+,23-/m1/s1. The van der Waals surface area contributed by atoms with Crippen molar-refractivity contribution in [3.05, 3.63) is 48.3 Å². The van der Waals surface area contributed by atoms with Crippen LogP contribution in [0.5, 0.6) is 11.5 Å². The van der Waals surface area contributed by atoms with E-state index in [1.807, 2.05) is 6.92 Å². The van der Waals surface area contributed by atoms with Crippen molar-refractivity contribution in [1.82, 2.24) is 0 Å².